The number of carbonyl (C=O) groups is 2. The highest BCUT2D eigenvalue weighted by molar-refractivity contribution is 6.27. The van der Waals surface area contributed by atoms with Crippen LogP contribution in [0.3, 0.4) is 0 Å². The fourth-order valence-corrected chi connectivity index (χ4v) is 3.25. The number of carboxylic acid groups (broad SMARTS) is 2. The van der Waals surface area contributed by atoms with E-state index >= 15 is 0 Å². The minimum Gasteiger partial charge on any atom is -0.473 e. The number of carboxylic acids is 2. The van der Waals surface area contributed by atoms with Crippen LogP contribution in [0.4, 0.5) is 0 Å². The van der Waals surface area contributed by atoms with Crippen LogP contribution in [0.25, 0.3) is 0 Å². The van der Waals surface area contributed by atoms with Gasteiger partial charge in [0.25, 0.3) is 0 Å². The minimum absolute atomic E-state index is 0.613. The van der Waals surface area contributed by atoms with Gasteiger partial charge in [-0.05, 0) is 17.0 Å². The summed E-state index contributed by atoms with van der Waals surface area (Å²) in [6.07, 6.45) is 0. The predicted molar refractivity (Wildman–Crippen MR) is 108 cm³/mol. The molecule has 0 aromatic heterocycles. The van der Waals surface area contributed by atoms with Crippen molar-refractivity contribution < 1.29 is 19.8 Å². The quantitative estimate of drug-likeness (QED) is 0.772. The molecule has 1 atom stereocenters. The highest BCUT2D eigenvalue weighted by Crippen LogP contribution is 2.17. The highest BCUT2D eigenvalue weighted by Gasteiger charge is 2.19. The van der Waals surface area contributed by atoms with E-state index in [1.54, 1.807) is 0 Å². The Hall–Kier alpha value is -2.70. The lowest BCUT2D eigenvalue weighted by Gasteiger charge is -2.36. The first-order valence-corrected chi connectivity index (χ1v) is 9.45. The second kappa shape index (κ2) is 11.2. The molecule has 28 heavy (non-hydrogen) atoms. The normalized spacial score (nSPS) is 15.9. The number of piperazine rings is 1. The van der Waals surface area contributed by atoms with Gasteiger partial charge >= 0.3 is 11.9 Å². The number of benzene rings is 2. The van der Waals surface area contributed by atoms with Crippen LogP contribution in [0.2, 0.25) is 0 Å². The SMILES string of the molecule is CC(CN1CCN(Cc2ccccc2)CC1)c1ccccc1.O=C(O)C(=O)O. The lowest BCUT2D eigenvalue weighted by atomic mass is 10.0. The van der Waals surface area contributed by atoms with E-state index in [1.807, 2.05) is 0 Å². The molecular weight excluding hydrogens is 356 g/mol. The van der Waals surface area contributed by atoms with Crippen molar-refractivity contribution in [2.45, 2.75) is 19.4 Å². The van der Waals surface area contributed by atoms with E-state index < -0.39 is 11.9 Å². The number of rotatable bonds is 5. The third kappa shape index (κ3) is 7.50. The Kier molecular flexibility index (Phi) is 8.65. The van der Waals surface area contributed by atoms with E-state index in [1.165, 1.54) is 43.9 Å². The standard InChI is InChI=1S/C20H26N2.C2H2O4/c1-18(20-10-6-3-7-11-20)16-21-12-14-22(15-13-21)17-19-8-4-2-5-9-19;3-1(4)2(5)6/h2-11,18H,12-17H2,1H3;(H,3,4)(H,5,6). The van der Waals surface area contributed by atoms with Crippen molar-refractivity contribution in [3.05, 3.63) is 71.8 Å². The number of hydrogen-bond acceptors (Lipinski definition) is 4. The predicted octanol–water partition coefficient (Wildman–Crippen LogP) is 2.76. The zero-order valence-corrected chi connectivity index (χ0v) is 16.2. The molecule has 1 unspecified atom stereocenters. The van der Waals surface area contributed by atoms with Gasteiger partial charge in [-0.25, -0.2) is 9.59 Å². The van der Waals surface area contributed by atoms with E-state index in [9.17, 15) is 0 Å². The molecule has 1 aliphatic heterocycles. The van der Waals surface area contributed by atoms with Gasteiger partial charge < -0.3 is 15.1 Å². The second-order valence-electron chi connectivity index (χ2n) is 6.98. The molecule has 2 aromatic rings. The van der Waals surface area contributed by atoms with Gasteiger partial charge in [0.2, 0.25) is 0 Å². The molecule has 6 heteroatoms. The van der Waals surface area contributed by atoms with Crippen molar-refractivity contribution in [3.63, 3.8) is 0 Å². The summed E-state index contributed by atoms with van der Waals surface area (Å²) in [6, 6.07) is 21.7. The lowest BCUT2D eigenvalue weighted by Crippen LogP contribution is -2.46. The molecule has 2 aromatic carbocycles. The molecule has 6 nitrogen and oxygen atoms in total. The van der Waals surface area contributed by atoms with E-state index in [0.29, 0.717) is 5.92 Å². The maximum atomic E-state index is 9.10. The van der Waals surface area contributed by atoms with E-state index in [2.05, 4.69) is 77.4 Å². The number of nitrogens with zero attached hydrogens (tertiary/aromatic N) is 2. The maximum absolute atomic E-state index is 9.10. The zero-order chi connectivity index (χ0) is 20.4. The lowest BCUT2D eigenvalue weighted by molar-refractivity contribution is -0.159. The third-order valence-corrected chi connectivity index (χ3v) is 4.80. The van der Waals surface area contributed by atoms with Crippen molar-refractivity contribution in [1.29, 1.82) is 0 Å². The van der Waals surface area contributed by atoms with Crippen LogP contribution < -0.4 is 0 Å². The summed E-state index contributed by atoms with van der Waals surface area (Å²) in [5.74, 6) is -3.04. The molecule has 0 bridgehead atoms. The van der Waals surface area contributed by atoms with Gasteiger partial charge in [0.1, 0.15) is 0 Å². The number of aliphatic carboxylic acids is 2. The molecule has 1 saturated heterocycles. The summed E-state index contributed by atoms with van der Waals surface area (Å²) in [5.41, 5.74) is 2.88. The Labute approximate surface area is 166 Å². The second-order valence-corrected chi connectivity index (χ2v) is 6.98. The molecule has 150 valence electrons. The molecule has 0 radical (unpaired) electrons. The summed E-state index contributed by atoms with van der Waals surface area (Å²) in [4.78, 5) is 23.4. The third-order valence-electron chi connectivity index (χ3n) is 4.80. The maximum Gasteiger partial charge on any atom is 0.414 e. The Balaban J connectivity index is 0.000000409. The van der Waals surface area contributed by atoms with Crippen LogP contribution in [0.15, 0.2) is 60.7 Å². The first kappa shape index (κ1) is 21.6. The van der Waals surface area contributed by atoms with Gasteiger partial charge in [-0.3, -0.25) is 4.90 Å². The molecule has 0 aliphatic carbocycles. The molecule has 2 N–H and O–H groups in total. The Morgan fingerprint density at radius 3 is 1.79 bits per heavy atom. The van der Waals surface area contributed by atoms with Gasteiger partial charge in [0.15, 0.2) is 0 Å². The topological polar surface area (TPSA) is 81.1 Å². The van der Waals surface area contributed by atoms with Crippen LogP contribution >= 0.6 is 0 Å². The molecule has 0 saturated carbocycles. The van der Waals surface area contributed by atoms with Gasteiger partial charge in [0, 0.05) is 39.3 Å². The van der Waals surface area contributed by atoms with Crippen LogP contribution in [-0.2, 0) is 16.1 Å². The van der Waals surface area contributed by atoms with Crippen molar-refractivity contribution in [1.82, 2.24) is 9.80 Å². The van der Waals surface area contributed by atoms with Crippen LogP contribution in [0.1, 0.15) is 24.0 Å². The zero-order valence-electron chi connectivity index (χ0n) is 16.2. The fourth-order valence-electron chi connectivity index (χ4n) is 3.25. The van der Waals surface area contributed by atoms with Crippen LogP contribution in [0, 0.1) is 0 Å². The Morgan fingerprint density at radius 2 is 1.29 bits per heavy atom. The van der Waals surface area contributed by atoms with Gasteiger partial charge in [-0.2, -0.15) is 0 Å². The smallest absolute Gasteiger partial charge is 0.414 e. The largest absolute Gasteiger partial charge is 0.473 e. The van der Waals surface area contributed by atoms with E-state index in [0.717, 1.165) is 6.54 Å². The fraction of sp³-hybridized carbons (Fsp3) is 0.364. The number of hydrogen-bond donors (Lipinski definition) is 2. The average molecular weight is 384 g/mol. The Bertz CT molecular complexity index is 717. The summed E-state index contributed by atoms with van der Waals surface area (Å²) < 4.78 is 0. The van der Waals surface area contributed by atoms with Crippen molar-refractivity contribution in [3.8, 4) is 0 Å². The minimum atomic E-state index is -1.82. The highest BCUT2D eigenvalue weighted by atomic mass is 16.4. The molecule has 1 aliphatic rings. The van der Waals surface area contributed by atoms with Crippen molar-refractivity contribution >= 4 is 11.9 Å². The summed E-state index contributed by atoms with van der Waals surface area (Å²) in [6.45, 7) is 9.32. The first-order chi connectivity index (χ1) is 13.5. The van der Waals surface area contributed by atoms with Crippen LogP contribution in [0.5, 0.6) is 0 Å². The summed E-state index contributed by atoms with van der Waals surface area (Å²) >= 11 is 0. The average Bonchev–Trinajstić information content (AvgIpc) is 2.71. The van der Waals surface area contributed by atoms with E-state index in [4.69, 9.17) is 19.8 Å². The summed E-state index contributed by atoms with van der Waals surface area (Å²) in [7, 11) is 0. The van der Waals surface area contributed by atoms with Crippen LogP contribution in [-0.4, -0.2) is 64.7 Å². The summed E-state index contributed by atoms with van der Waals surface area (Å²) in [5, 5.41) is 14.8. The molecule has 0 spiro atoms. The van der Waals surface area contributed by atoms with Crippen molar-refractivity contribution in [2.75, 3.05) is 32.7 Å². The van der Waals surface area contributed by atoms with Crippen molar-refractivity contribution in [2.24, 2.45) is 0 Å². The van der Waals surface area contributed by atoms with Gasteiger partial charge in [-0.15, -0.1) is 0 Å². The monoisotopic (exact) mass is 384 g/mol. The molecular formula is C22H28N2O4. The molecule has 1 fully saturated rings. The molecule has 0 amide bonds. The molecule has 3 rings (SSSR count). The Morgan fingerprint density at radius 1 is 0.821 bits per heavy atom. The molecule has 1 heterocycles. The first-order valence-electron chi connectivity index (χ1n) is 9.45. The van der Waals surface area contributed by atoms with Gasteiger partial charge in [0.05, 0.1) is 0 Å². The van der Waals surface area contributed by atoms with Gasteiger partial charge in [-0.1, -0.05) is 67.6 Å². The van der Waals surface area contributed by atoms with E-state index in [-0.39, 0.29) is 0 Å².